The zero-order valence-electron chi connectivity index (χ0n) is 9.62. The highest BCUT2D eigenvalue weighted by Crippen LogP contribution is 2.16. The van der Waals surface area contributed by atoms with Crippen LogP contribution in [-0.2, 0) is 16.0 Å². The van der Waals surface area contributed by atoms with Crippen LogP contribution in [0.15, 0.2) is 28.0 Å². The number of thiazole rings is 1. The normalized spacial score (nSPS) is 10.7. The summed E-state index contributed by atoms with van der Waals surface area (Å²) in [6.07, 6.45) is 1.91. The molecule has 0 atom stereocenters. The van der Waals surface area contributed by atoms with Gasteiger partial charge in [0.1, 0.15) is 0 Å². The lowest BCUT2D eigenvalue weighted by atomic mass is 10.3. The summed E-state index contributed by atoms with van der Waals surface area (Å²) in [6, 6.07) is 3.93. The van der Waals surface area contributed by atoms with Crippen molar-refractivity contribution in [3.8, 4) is 0 Å². The van der Waals surface area contributed by atoms with E-state index in [1.165, 1.54) is 18.4 Å². The highest BCUT2D eigenvalue weighted by molar-refractivity contribution is 7.13. The highest BCUT2D eigenvalue weighted by atomic mass is 32.1. The van der Waals surface area contributed by atoms with Gasteiger partial charge < -0.3 is 4.74 Å². The molecular formula is C11H11N3O2S2. The summed E-state index contributed by atoms with van der Waals surface area (Å²) >= 11 is 3.01. The van der Waals surface area contributed by atoms with Gasteiger partial charge in [-0.2, -0.15) is 5.10 Å². The number of hydrazone groups is 1. The van der Waals surface area contributed by atoms with Gasteiger partial charge in [-0.1, -0.05) is 6.07 Å². The van der Waals surface area contributed by atoms with Crippen molar-refractivity contribution >= 4 is 40.0 Å². The van der Waals surface area contributed by atoms with Gasteiger partial charge in [-0.05, 0) is 11.4 Å². The number of carbonyl (C=O) groups is 1. The lowest BCUT2D eigenvalue weighted by Gasteiger charge is -1.94. The minimum Gasteiger partial charge on any atom is -0.469 e. The van der Waals surface area contributed by atoms with Gasteiger partial charge in [-0.15, -0.1) is 22.7 Å². The number of ether oxygens (including phenoxy) is 1. The molecule has 0 saturated heterocycles. The van der Waals surface area contributed by atoms with Crippen LogP contribution < -0.4 is 5.43 Å². The second-order valence-corrected chi connectivity index (χ2v) is 5.12. The maximum atomic E-state index is 11.1. The van der Waals surface area contributed by atoms with Crippen LogP contribution in [0.4, 0.5) is 5.13 Å². The number of aromatic nitrogens is 1. The van der Waals surface area contributed by atoms with Crippen molar-refractivity contribution in [3.63, 3.8) is 0 Å². The Morgan fingerprint density at radius 3 is 3.22 bits per heavy atom. The van der Waals surface area contributed by atoms with Gasteiger partial charge in [-0.25, -0.2) is 4.98 Å². The van der Waals surface area contributed by atoms with Crippen LogP contribution in [0.1, 0.15) is 10.6 Å². The summed E-state index contributed by atoms with van der Waals surface area (Å²) in [4.78, 5) is 16.3. The number of methoxy groups -OCH3 is 1. The SMILES string of the molecule is COC(=O)Cc1csc(N/N=C\c2cccs2)n1. The zero-order chi connectivity index (χ0) is 12.8. The predicted molar refractivity (Wildman–Crippen MR) is 73.4 cm³/mol. The number of thiophene rings is 1. The fraction of sp³-hybridized carbons (Fsp3) is 0.182. The molecule has 0 saturated carbocycles. The van der Waals surface area contributed by atoms with E-state index in [-0.39, 0.29) is 12.4 Å². The molecule has 5 nitrogen and oxygen atoms in total. The third-order valence-corrected chi connectivity index (χ3v) is 3.60. The maximum Gasteiger partial charge on any atom is 0.311 e. The van der Waals surface area contributed by atoms with Gasteiger partial charge in [0.15, 0.2) is 0 Å². The number of rotatable bonds is 5. The van der Waals surface area contributed by atoms with E-state index in [1.54, 1.807) is 22.9 Å². The smallest absolute Gasteiger partial charge is 0.311 e. The van der Waals surface area contributed by atoms with E-state index in [0.29, 0.717) is 10.8 Å². The van der Waals surface area contributed by atoms with E-state index in [1.807, 2.05) is 17.5 Å². The molecule has 1 N–H and O–H groups in total. The summed E-state index contributed by atoms with van der Waals surface area (Å²) in [5, 5.41) is 8.51. The first-order valence-electron chi connectivity index (χ1n) is 5.11. The van der Waals surface area contributed by atoms with Gasteiger partial charge in [0, 0.05) is 10.3 Å². The minimum absolute atomic E-state index is 0.184. The Bertz CT molecular complexity index is 534. The summed E-state index contributed by atoms with van der Waals surface area (Å²) < 4.78 is 4.57. The number of nitrogens with zero attached hydrogens (tertiary/aromatic N) is 2. The number of carbonyl (C=O) groups excluding carboxylic acids is 1. The first-order chi connectivity index (χ1) is 8.78. The molecular weight excluding hydrogens is 270 g/mol. The Kier molecular flexibility index (Phi) is 4.43. The fourth-order valence-electron chi connectivity index (χ4n) is 1.18. The molecule has 0 aliphatic rings. The quantitative estimate of drug-likeness (QED) is 0.519. The molecule has 0 amide bonds. The third kappa shape index (κ3) is 3.64. The Morgan fingerprint density at radius 2 is 2.50 bits per heavy atom. The Balaban J connectivity index is 1.89. The topological polar surface area (TPSA) is 63.6 Å². The molecule has 7 heteroatoms. The van der Waals surface area contributed by atoms with Gasteiger partial charge in [0.2, 0.25) is 5.13 Å². The second-order valence-electron chi connectivity index (χ2n) is 3.28. The molecule has 0 fully saturated rings. The molecule has 18 heavy (non-hydrogen) atoms. The molecule has 2 aromatic heterocycles. The van der Waals surface area contributed by atoms with E-state index < -0.39 is 0 Å². The van der Waals surface area contributed by atoms with Gasteiger partial charge >= 0.3 is 5.97 Å². The predicted octanol–water partition coefficient (Wildman–Crippen LogP) is 2.37. The van der Waals surface area contributed by atoms with E-state index in [0.717, 1.165) is 4.88 Å². The van der Waals surface area contributed by atoms with Crippen LogP contribution in [-0.4, -0.2) is 24.3 Å². The summed E-state index contributed by atoms with van der Waals surface area (Å²) in [7, 11) is 1.36. The number of anilines is 1. The third-order valence-electron chi connectivity index (χ3n) is 2.00. The van der Waals surface area contributed by atoms with E-state index in [4.69, 9.17) is 0 Å². The molecule has 0 spiro atoms. The largest absolute Gasteiger partial charge is 0.469 e. The van der Waals surface area contributed by atoms with Crippen molar-refractivity contribution in [2.24, 2.45) is 5.10 Å². The van der Waals surface area contributed by atoms with E-state index in [2.05, 4.69) is 20.2 Å². The van der Waals surface area contributed by atoms with Gasteiger partial charge in [-0.3, -0.25) is 10.2 Å². The van der Waals surface area contributed by atoms with Crippen molar-refractivity contribution in [3.05, 3.63) is 33.5 Å². The fourth-order valence-corrected chi connectivity index (χ4v) is 2.42. The average molecular weight is 281 g/mol. The second kappa shape index (κ2) is 6.27. The lowest BCUT2D eigenvalue weighted by Crippen LogP contribution is -2.04. The molecule has 0 unspecified atom stereocenters. The van der Waals surface area contributed by atoms with Crippen LogP contribution in [0.25, 0.3) is 0 Å². The molecule has 0 bridgehead atoms. The number of hydrogen-bond donors (Lipinski definition) is 1. The highest BCUT2D eigenvalue weighted by Gasteiger charge is 2.06. The van der Waals surface area contributed by atoms with Crippen molar-refractivity contribution in [1.82, 2.24) is 4.98 Å². The maximum absolute atomic E-state index is 11.1. The Labute approximate surface area is 112 Å². The van der Waals surface area contributed by atoms with Crippen molar-refractivity contribution in [2.45, 2.75) is 6.42 Å². The van der Waals surface area contributed by atoms with E-state index in [9.17, 15) is 4.79 Å². The molecule has 94 valence electrons. The lowest BCUT2D eigenvalue weighted by molar-refractivity contribution is -0.139. The van der Waals surface area contributed by atoms with E-state index >= 15 is 0 Å². The number of nitrogens with one attached hydrogen (secondary N) is 1. The first-order valence-corrected chi connectivity index (χ1v) is 6.87. The van der Waals surface area contributed by atoms with Gasteiger partial charge in [0.05, 0.1) is 25.4 Å². The molecule has 0 aliphatic carbocycles. The summed E-state index contributed by atoms with van der Waals surface area (Å²) in [5.74, 6) is -0.297. The van der Waals surface area contributed by atoms with Gasteiger partial charge in [0.25, 0.3) is 0 Å². The van der Waals surface area contributed by atoms with Crippen molar-refractivity contribution in [1.29, 1.82) is 0 Å². The Morgan fingerprint density at radius 1 is 1.61 bits per heavy atom. The molecule has 2 aromatic rings. The number of hydrogen-bond acceptors (Lipinski definition) is 7. The molecule has 0 radical (unpaired) electrons. The molecule has 0 aliphatic heterocycles. The van der Waals surface area contributed by atoms with Crippen LogP contribution in [0.2, 0.25) is 0 Å². The standard InChI is InChI=1S/C11H11N3O2S2/c1-16-10(15)5-8-7-18-11(13-8)14-12-6-9-3-2-4-17-9/h2-4,6-7H,5H2,1H3,(H,13,14)/b12-6-. The van der Waals surface area contributed by atoms with Crippen molar-refractivity contribution in [2.75, 3.05) is 12.5 Å². The minimum atomic E-state index is -0.297. The van der Waals surface area contributed by atoms with Crippen LogP contribution in [0.3, 0.4) is 0 Å². The zero-order valence-corrected chi connectivity index (χ0v) is 11.3. The summed E-state index contributed by atoms with van der Waals surface area (Å²) in [6.45, 7) is 0. The summed E-state index contributed by atoms with van der Waals surface area (Å²) in [5.41, 5.74) is 3.51. The van der Waals surface area contributed by atoms with Crippen LogP contribution in [0.5, 0.6) is 0 Å². The monoisotopic (exact) mass is 281 g/mol. The van der Waals surface area contributed by atoms with Crippen LogP contribution >= 0.6 is 22.7 Å². The molecule has 0 aromatic carbocycles. The first kappa shape index (κ1) is 12.7. The Hall–Kier alpha value is -1.73. The van der Waals surface area contributed by atoms with Crippen LogP contribution in [0, 0.1) is 0 Å². The number of esters is 1. The van der Waals surface area contributed by atoms with Crippen molar-refractivity contribution < 1.29 is 9.53 Å². The molecule has 2 heterocycles. The molecule has 2 rings (SSSR count). The average Bonchev–Trinajstić information content (AvgIpc) is 3.01.